The lowest BCUT2D eigenvalue weighted by atomic mass is 10.0. The van der Waals surface area contributed by atoms with E-state index in [0.717, 1.165) is 27.9 Å². The fourth-order valence-corrected chi connectivity index (χ4v) is 3.84. The highest BCUT2D eigenvalue weighted by Crippen LogP contribution is 2.38. The molecule has 5 rings (SSSR count). The van der Waals surface area contributed by atoms with Crippen LogP contribution in [0.4, 0.5) is 21.9 Å². The van der Waals surface area contributed by atoms with Gasteiger partial charge >= 0.3 is 6.01 Å². The molecule has 3 aromatic heterocycles. The molecule has 8 heteroatoms. The summed E-state index contributed by atoms with van der Waals surface area (Å²) in [5.74, 6) is 0.689. The molecule has 7 nitrogen and oxygen atoms in total. The zero-order chi connectivity index (χ0) is 23.1. The molecule has 1 N–H and O–H groups in total. The van der Waals surface area contributed by atoms with Crippen molar-refractivity contribution in [3.63, 3.8) is 0 Å². The van der Waals surface area contributed by atoms with E-state index in [0.29, 0.717) is 29.1 Å². The molecule has 2 aromatic carbocycles. The van der Waals surface area contributed by atoms with Gasteiger partial charge in [-0.05, 0) is 43.2 Å². The SMILES string of the molecule is Cc1cccc(C)c1Nc1c(-c2ccccc2-c2nnc(N(C)C)o2)nc2ccc(F)cn12. The van der Waals surface area contributed by atoms with Crippen molar-refractivity contribution in [2.45, 2.75) is 13.8 Å². The predicted molar refractivity (Wildman–Crippen MR) is 127 cm³/mol. The van der Waals surface area contributed by atoms with Crippen LogP contribution in [-0.2, 0) is 0 Å². The van der Waals surface area contributed by atoms with Gasteiger partial charge in [-0.2, -0.15) is 0 Å². The second kappa shape index (κ2) is 8.05. The Labute approximate surface area is 190 Å². The summed E-state index contributed by atoms with van der Waals surface area (Å²) in [4.78, 5) is 6.59. The molecule has 5 aromatic rings. The second-order valence-electron chi connectivity index (χ2n) is 8.11. The van der Waals surface area contributed by atoms with Crippen molar-refractivity contribution < 1.29 is 8.81 Å². The molecule has 33 heavy (non-hydrogen) atoms. The standard InChI is InChI=1S/C25H23FN6O/c1-15-8-7-9-16(2)21(15)28-23-22(27-20-13-12-17(26)14-32(20)23)18-10-5-6-11-19(18)24-29-30-25(33-24)31(3)4/h5-14,28H,1-4H3. The maximum absolute atomic E-state index is 14.2. The average Bonchev–Trinajstić information content (AvgIpc) is 3.42. The van der Waals surface area contributed by atoms with Gasteiger partial charge in [0.15, 0.2) is 0 Å². The fourth-order valence-electron chi connectivity index (χ4n) is 3.84. The number of hydrogen-bond donors (Lipinski definition) is 1. The van der Waals surface area contributed by atoms with Crippen molar-refractivity contribution in [1.82, 2.24) is 19.6 Å². The molecule has 0 aliphatic rings. The van der Waals surface area contributed by atoms with Crippen molar-refractivity contribution in [3.8, 4) is 22.7 Å². The van der Waals surface area contributed by atoms with E-state index in [1.54, 1.807) is 15.4 Å². The lowest BCUT2D eigenvalue weighted by molar-refractivity contribution is 0.566. The summed E-state index contributed by atoms with van der Waals surface area (Å²) in [5.41, 5.74) is 5.92. The number of halogens is 1. The van der Waals surface area contributed by atoms with Gasteiger partial charge in [-0.15, -0.1) is 5.10 Å². The average molecular weight is 442 g/mol. The number of aromatic nitrogens is 4. The maximum atomic E-state index is 14.2. The van der Waals surface area contributed by atoms with Gasteiger partial charge in [0.25, 0.3) is 0 Å². The molecule has 0 spiro atoms. The van der Waals surface area contributed by atoms with Crippen LogP contribution in [0.2, 0.25) is 0 Å². The van der Waals surface area contributed by atoms with Crippen molar-refractivity contribution in [2.24, 2.45) is 0 Å². The number of imidazole rings is 1. The molecule has 0 atom stereocenters. The molecule has 0 fully saturated rings. The Morgan fingerprint density at radius 2 is 1.64 bits per heavy atom. The van der Waals surface area contributed by atoms with Crippen LogP contribution in [0.1, 0.15) is 11.1 Å². The van der Waals surface area contributed by atoms with E-state index in [1.165, 1.54) is 12.3 Å². The monoisotopic (exact) mass is 442 g/mol. The zero-order valence-corrected chi connectivity index (χ0v) is 18.8. The van der Waals surface area contributed by atoms with Crippen molar-refractivity contribution in [1.29, 1.82) is 0 Å². The highest BCUT2D eigenvalue weighted by atomic mass is 19.1. The molecule has 166 valence electrons. The number of nitrogens with zero attached hydrogens (tertiary/aromatic N) is 5. The molecule has 0 saturated carbocycles. The Balaban J connectivity index is 1.74. The Kier molecular flexibility index (Phi) is 5.05. The minimum absolute atomic E-state index is 0.350. The van der Waals surface area contributed by atoms with Crippen molar-refractivity contribution >= 4 is 23.2 Å². The van der Waals surface area contributed by atoms with Gasteiger partial charge in [0.05, 0.1) is 0 Å². The summed E-state index contributed by atoms with van der Waals surface area (Å²) < 4.78 is 21.8. The summed E-state index contributed by atoms with van der Waals surface area (Å²) in [6, 6.07) is 17.3. The molecule has 0 unspecified atom stereocenters. The number of aryl methyl sites for hydroxylation is 2. The third-order valence-electron chi connectivity index (χ3n) is 5.52. The number of fused-ring (bicyclic) bond motifs is 1. The molecular weight excluding hydrogens is 419 g/mol. The molecule has 0 radical (unpaired) electrons. The van der Waals surface area contributed by atoms with Crippen LogP contribution >= 0.6 is 0 Å². The van der Waals surface area contributed by atoms with E-state index >= 15 is 0 Å². The fraction of sp³-hybridized carbons (Fsp3) is 0.160. The molecule has 0 aliphatic heterocycles. The van der Waals surface area contributed by atoms with Crippen LogP contribution in [0.3, 0.4) is 0 Å². The van der Waals surface area contributed by atoms with Crippen LogP contribution in [0.5, 0.6) is 0 Å². The third kappa shape index (κ3) is 3.69. The minimum Gasteiger partial charge on any atom is -0.403 e. The van der Waals surface area contributed by atoms with Gasteiger partial charge in [-0.3, -0.25) is 4.40 Å². The normalized spacial score (nSPS) is 11.2. The van der Waals surface area contributed by atoms with Gasteiger partial charge in [0.1, 0.15) is 23.0 Å². The van der Waals surface area contributed by atoms with E-state index in [1.807, 2.05) is 70.4 Å². The minimum atomic E-state index is -0.350. The predicted octanol–water partition coefficient (Wildman–Crippen LogP) is 5.62. The first-order valence-electron chi connectivity index (χ1n) is 10.5. The largest absolute Gasteiger partial charge is 0.403 e. The van der Waals surface area contributed by atoms with Crippen LogP contribution in [-0.4, -0.2) is 33.7 Å². The smallest absolute Gasteiger partial charge is 0.317 e. The number of pyridine rings is 1. The van der Waals surface area contributed by atoms with E-state index in [2.05, 4.69) is 15.5 Å². The van der Waals surface area contributed by atoms with E-state index in [-0.39, 0.29) is 5.82 Å². The summed E-state index contributed by atoms with van der Waals surface area (Å²) in [7, 11) is 3.68. The Hall–Kier alpha value is -4.20. The summed E-state index contributed by atoms with van der Waals surface area (Å²) in [5, 5.41) is 11.9. The summed E-state index contributed by atoms with van der Waals surface area (Å²) in [6.07, 6.45) is 1.43. The van der Waals surface area contributed by atoms with E-state index in [9.17, 15) is 4.39 Å². The van der Waals surface area contributed by atoms with Crippen LogP contribution < -0.4 is 10.2 Å². The quantitative estimate of drug-likeness (QED) is 0.381. The van der Waals surface area contributed by atoms with Crippen LogP contribution in [0, 0.1) is 19.7 Å². The highest BCUT2D eigenvalue weighted by Gasteiger charge is 2.21. The highest BCUT2D eigenvalue weighted by molar-refractivity contribution is 5.88. The Morgan fingerprint density at radius 1 is 0.909 bits per heavy atom. The van der Waals surface area contributed by atoms with Crippen molar-refractivity contribution in [3.05, 3.63) is 77.7 Å². The second-order valence-corrected chi connectivity index (χ2v) is 8.11. The Bertz CT molecular complexity index is 1450. The maximum Gasteiger partial charge on any atom is 0.317 e. The number of nitrogens with one attached hydrogen (secondary N) is 1. The lowest BCUT2D eigenvalue weighted by Crippen LogP contribution is -2.08. The number of hydrogen-bond acceptors (Lipinski definition) is 6. The van der Waals surface area contributed by atoms with Gasteiger partial charge in [-0.1, -0.05) is 41.5 Å². The first-order valence-corrected chi connectivity index (χ1v) is 10.5. The first-order chi connectivity index (χ1) is 15.9. The van der Waals surface area contributed by atoms with Gasteiger partial charge in [-0.25, -0.2) is 9.37 Å². The third-order valence-corrected chi connectivity index (χ3v) is 5.52. The Morgan fingerprint density at radius 3 is 2.33 bits per heavy atom. The molecule has 0 aliphatic carbocycles. The van der Waals surface area contributed by atoms with Gasteiger partial charge in [0, 0.05) is 37.1 Å². The molecule has 0 saturated heterocycles. The number of rotatable bonds is 5. The van der Waals surface area contributed by atoms with Crippen LogP contribution in [0.15, 0.2) is 65.2 Å². The zero-order valence-electron chi connectivity index (χ0n) is 18.8. The van der Waals surface area contributed by atoms with E-state index < -0.39 is 0 Å². The first kappa shape index (κ1) is 20.7. The number of benzene rings is 2. The molecule has 3 heterocycles. The lowest BCUT2D eigenvalue weighted by Gasteiger charge is -2.14. The topological polar surface area (TPSA) is 71.5 Å². The van der Waals surface area contributed by atoms with Crippen molar-refractivity contribution in [2.75, 3.05) is 24.3 Å². The molecule has 0 bridgehead atoms. The summed E-state index contributed by atoms with van der Waals surface area (Å²) in [6.45, 7) is 4.07. The molecule has 0 amide bonds. The van der Waals surface area contributed by atoms with Gasteiger partial charge in [0.2, 0.25) is 5.89 Å². The van der Waals surface area contributed by atoms with Gasteiger partial charge < -0.3 is 14.6 Å². The number of para-hydroxylation sites is 1. The molecular formula is C25H23FN6O. The van der Waals surface area contributed by atoms with Crippen LogP contribution in [0.25, 0.3) is 28.4 Å². The summed E-state index contributed by atoms with van der Waals surface area (Å²) >= 11 is 0. The number of anilines is 3. The van der Waals surface area contributed by atoms with E-state index in [4.69, 9.17) is 9.40 Å².